The molecule has 0 aliphatic heterocycles. The summed E-state index contributed by atoms with van der Waals surface area (Å²) >= 11 is 0. The Morgan fingerprint density at radius 2 is 1.89 bits per heavy atom. The van der Waals surface area contributed by atoms with E-state index < -0.39 is 26.6 Å². The maximum Gasteiger partial charge on any atom is 0.251 e. The van der Waals surface area contributed by atoms with Gasteiger partial charge < -0.3 is 5.32 Å². The van der Waals surface area contributed by atoms with Crippen molar-refractivity contribution in [1.29, 1.82) is 0 Å². The molecule has 7 nitrogen and oxygen atoms in total. The molecule has 146 valence electrons. The van der Waals surface area contributed by atoms with Crippen LogP contribution < -0.4 is 5.32 Å². The molecule has 0 saturated heterocycles. The standard InChI is InChI=1S/C19H19FN4O3S/c1-23(2)28(26,27)18-12-15(6-9-17(18)20)19(25)21-13-14-4-7-16(8-5-14)24-11-3-10-22-24/h3-12H,13H2,1-2H3,(H,21,25). The van der Waals surface area contributed by atoms with Crippen LogP contribution >= 0.6 is 0 Å². The smallest absolute Gasteiger partial charge is 0.251 e. The fourth-order valence-electron chi connectivity index (χ4n) is 2.51. The SMILES string of the molecule is CN(C)S(=O)(=O)c1cc(C(=O)NCc2ccc(-n3cccn3)cc2)ccc1F. The summed E-state index contributed by atoms with van der Waals surface area (Å²) in [7, 11) is -1.39. The molecule has 3 aromatic rings. The zero-order chi connectivity index (χ0) is 20.3. The second kappa shape index (κ2) is 7.91. The molecule has 1 amide bonds. The van der Waals surface area contributed by atoms with Crippen molar-refractivity contribution in [2.45, 2.75) is 11.4 Å². The number of amides is 1. The van der Waals surface area contributed by atoms with Crippen molar-refractivity contribution in [1.82, 2.24) is 19.4 Å². The molecule has 1 aromatic heterocycles. The molecule has 0 bridgehead atoms. The monoisotopic (exact) mass is 402 g/mol. The average Bonchev–Trinajstić information content (AvgIpc) is 3.21. The van der Waals surface area contributed by atoms with Crippen LogP contribution in [-0.4, -0.2) is 42.5 Å². The van der Waals surface area contributed by atoms with Crippen LogP contribution in [0.1, 0.15) is 15.9 Å². The van der Waals surface area contributed by atoms with Crippen molar-refractivity contribution in [2.75, 3.05) is 14.1 Å². The molecule has 1 heterocycles. The largest absolute Gasteiger partial charge is 0.348 e. The van der Waals surface area contributed by atoms with Gasteiger partial charge in [-0.15, -0.1) is 0 Å². The fraction of sp³-hybridized carbons (Fsp3) is 0.158. The third kappa shape index (κ3) is 4.10. The van der Waals surface area contributed by atoms with E-state index in [-0.39, 0.29) is 12.1 Å². The zero-order valence-corrected chi connectivity index (χ0v) is 16.1. The summed E-state index contributed by atoms with van der Waals surface area (Å²) in [6, 6.07) is 12.5. The van der Waals surface area contributed by atoms with E-state index >= 15 is 0 Å². The van der Waals surface area contributed by atoms with Crippen molar-refractivity contribution in [2.24, 2.45) is 0 Å². The molecule has 0 radical (unpaired) electrons. The minimum absolute atomic E-state index is 0.0648. The second-order valence-corrected chi connectivity index (χ2v) is 8.35. The quantitative estimate of drug-likeness (QED) is 0.685. The number of benzene rings is 2. The average molecular weight is 402 g/mol. The van der Waals surface area contributed by atoms with Crippen LogP contribution in [0.4, 0.5) is 4.39 Å². The molecule has 0 spiro atoms. The summed E-state index contributed by atoms with van der Waals surface area (Å²) in [5.74, 6) is -1.40. The van der Waals surface area contributed by atoms with Gasteiger partial charge in [-0.2, -0.15) is 5.10 Å². The van der Waals surface area contributed by atoms with Gasteiger partial charge in [-0.3, -0.25) is 4.79 Å². The molecule has 0 aliphatic carbocycles. The van der Waals surface area contributed by atoms with E-state index in [4.69, 9.17) is 0 Å². The van der Waals surface area contributed by atoms with E-state index in [0.717, 1.165) is 27.7 Å². The molecular formula is C19H19FN4O3S. The van der Waals surface area contributed by atoms with Crippen molar-refractivity contribution < 1.29 is 17.6 Å². The van der Waals surface area contributed by atoms with Gasteiger partial charge in [0.25, 0.3) is 5.91 Å². The number of rotatable bonds is 6. The lowest BCUT2D eigenvalue weighted by Crippen LogP contribution is -2.26. The lowest BCUT2D eigenvalue weighted by atomic mass is 10.2. The lowest BCUT2D eigenvalue weighted by Gasteiger charge is -2.13. The van der Waals surface area contributed by atoms with Crippen LogP contribution in [-0.2, 0) is 16.6 Å². The van der Waals surface area contributed by atoms with Crippen molar-refractivity contribution in [3.8, 4) is 5.69 Å². The van der Waals surface area contributed by atoms with Gasteiger partial charge in [0.1, 0.15) is 10.7 Å². The van der Waals surface area contributed by atoms with E-state index in [1.165, 1.54) is 20.2 Å². The van der Waals surface area contributed by atoms with Crippen molar-refractivity contribution in [3.05, 3.63) is 77.9 Å². The number of sulfonamides is 1. The van der Waals surface area contributed by atoms with Crippen LogP contribution in [0.15, 0.2) is 65.8 Å². The lowest BCUT2D eigenvalue weighted by molar-refractivity contribution is 0.0950. The minimum Gasteiger partial charge on any atom is -0.348 e. The second-order valence-electron chi connectivity index (χ2n) is 6.23. The van der Waals surface area contributed by atoms with Crippen LogP contribution in [0.2, 0.25) is 0 Å². The van der Waals surface area contributed by atoms with Crippen molar-refractivity contribution in [3.63, 3.8) is 0 Å². The van der Waals surface area contributed by atoms with Crippen LogP contribution in [0.3, 0.4) is 0 Å². The van der Waals surface area contributed by atoms with E-state index in [1.807, 2.05) is 36.5 Å². The molecule has 0 aliphatic rings. The Hall–Kier alpha value is -3.04. The Bertz CT molecular complexity index is 1080. The molecule has 0 unspecified atom stereocenters. The van der Waals surface area contributed by atoms with Gasteiger partial charge in [0, 0.05) is 38.6 Å². The molecule has 2 aromatic carbocycles. The highest BCUT2D eigenvalue weighted by Crippen LogP contribution is 2.19. The van der Waals surface area contributed by atoms with E-state index in [2.05, 4.69) is 10.4 Å². The van der Waals surface area contributed by atoms with Gasteiger partial charge in [-0.1, -0.05) is 12.1 Å². The summed E-state index contributed by atoms with van der Waals surface area (Å²) in [6.07, 6.45) is 3.51. The van der Waals surface area contributed by atoms with Gasteiger partial charge in [0.2, 0.25) is 10.0 Å². The first-order chi connectivity index (χ1) is 13.3. The number of hydrogen-bond donors (Lipinski definition) is 1. The summed E-state index contributed by atoms with van der Waals surface area (Å²) in [5.41, 5.74) is 1.81. The van der Waals surface area contributed by atoms with Crippen LogP contribution in [0, 0.1) is 5.82 Å². The number of carbonyl (C=O) groups is 1. The van der Waals surface area contributed by atoms with E-state index in [9.17, 15) is 17.6 Å². The topological polar surface area (TPSA) is 84.3 Å². The molecular weight excluding hydrogens is 383 g/mol. The normalized spacial score (nSPS) is 11.6. The van der Waals surface area contributed by atoms with Gasteiger partial charge in [-0.05, 0) is 42.0 Å². The number of aromatic nitrogens is 2. The Balaban J connectivity index is 1.72. The number of nitrogens with zero attached hydrogens (tertiary/aromatic N) is 3. The number of carbonyl (C=O) groups excluding carboxylic acids is 1. The van der Waals surface area contributed by atoms with Crippen LogP contribution in [0.25, 0.3) is 5.69 Å². The van der Waals surface area contributed by atoms with Gasteiger partial charge in [0.05, 0.1) is 5.69 Å². The molecule has 3 rings (SSSR count). The molecule has 0 atom stereocenters. The van der Waals surface area contributed by atoms with Crippen molar-refractivity contribution >= 4 is 15.9 Å². The van der Waals surface area contributed by atoms with E-state index in [1.54, 1.807) is 10.9 Å². The fourth-order valence-corrected chi connectivity index (χ4v) is 3.50. The number of nitrogens with one attached hydrogen (secondary N) is 1. The van der Waals surface area contributed by atoms with Gasteiger partial charge >= 0.3 is 0 Å². The highest BCUT2D eigenvalue weighted by Gasteiger charge is 2.23. The Labute approximate surface area is 162 Å². The van der Waals surface area contributed by atoms with Gasteiger partial charge in [-0.25, -0.2) is 21.8 Å². The Morgan fingerprint density at radius 3 is 2.50 bits per heavy atom. The predicted molar refractivity (Wildman–Crippen MR) is 102 cm³/mol. The number of hydrogen-bond acceptors (Lipinski definition) is 4. The number of halogens is 1. The Kier molecular flexibility index (Phi) is 5.57. The molecule has 0 saturated carbocycles. The Morgan fingerprint density at radius 1 is 1.18 bits per heavy atom. The molecule has 28 heavy (non-hydrogen) atoms. The third-order valence-corrected chi connectivity index (χ3v) is 5.94. The summed E-state index contributed by atoms with van der Waals surface area (Å²) in [6.45, 7) is 0.241. The third-order valence-electron chi connectivity index (χ3n) is 4.11. The highest BCUT2D eigenvalue weighted by atomic mass is 32.2. The first-order valence-corrected chi connectivity index (χ1v) is 9.82. The summed E-state index contributed by atoms with van der Waals surface area (Å²) in [4.78, 5) is 11.8. The first kappa shape index (κ1) is 19.7. The zero-order valence-electron chi connectivity index (χ0n) is 15.3. The predicted octanol–water partition coefficient (Wildman–Crippen LogP) is 2.19. The van der Waals surface area contributed by atoms with Crippen LogP contribution in [0.5, 0.6) is 0 Å². The molecule has 1 N–H and O–H groups in total. The molecule has 0 fully saturated rings. The maximum absolute atomic E-state index is 13.9. The maximum atomic E-state index is 13.9. The summed E-state index contributed by atoms with van der Waals surface area (Å²) in [5, 5.41) is 6.85. The van der Waals surface area contributed by atoms with Gasteiger partial charge in [0.15, 0.2) is 0 Å². The minimum atomic E-state index is -3.99. The first-order valence-electron chi connectivity index (χ1n) is 8.38. The van der Waals surface area contributed by atoms with E-state index in [0.29, 0.717) is 0 Å². The molecule has 9 heteroatoms. The highest BCUT2D eigenvalue weighted by molar-refractivity contribution is 7.89. The summed E-state index contributed by atoms with van der Waals surface area (Å²) < 4.78 is 40.9.